The predicted octanol–water partition coefficient (Wildman–Crippen LogP) is 3.72. The fraction of sp³-hybridized carbons (Fsp3) is 0.412. The van der Waals surface area contributed by atoms with Gasteiger partial charge in [-0.3, -0.25) is 0 Å². The van der Waals surface area contributed by atoms with Gasteiger partial charge in [0.05, 0.1) is 0 Å². The van der Waals surface area contributed by atoms with Crippen molar-refractivity contribution in [3.05, 3.63) is 57.2 Å². The minimum atomic E-state index is 0. The third-order valence-corrected chi connectivity index (χ3v) is 4.28. The maximum atomic E-state index is 4.49. The van der Waals surface area contributed by atoms with Gasteiger partial charge in [-0.2, -0.15) is 0 Å². The Morgan fingerprint density at radius 1 is 0.850 bits per heavy atom. The molecule has 0 bridgehead atoms. The molecule has 20 heavy (non-hydrogen) atoms. The average molecular weight is 342 g/mol. The van der Waals surface area contributed by atoms with E-state index in [1.54, 1.807) is 0 Å². The van der Waals surface area contributed by atoms with Gasteiger partial charge < -0.3 is 9.97 Å². The molecule has 0 fully saturated rings. The topological polar surface area (TPSA) is 25.8 Å². The Labute approximate surface area is 147 Å². The van der Waals surface area contributed by atoms with E-state index in [4.69, 9.17) is 0 Å². The van der Waals surface area contributed by atoms with Crippen LogP contribution in [0.5, 0.6) is 0 Å². The van der Waals surface area contributed by atoms with E-state index in [9.17, 15) is 0 Å². The molecule has 1 aromatic carbocycles. The minimum absolute atomic E-state index is 0. The summed E-state index contributed by atoms with van der Waals surface area (Å²) in [6.45, 7) is 12.9. The summed E-state index contributed by atoms with van der Waals surface area (Å²) in [7, 11) is 0. The first kappa shape index (κ1) is 17.5. The molecule has 100 valence electrons. The van der Waals surface area contributed by atoms with E-state index in [0.29, 0.717) is 0 Å². The molecule has 0 aliphatic carbocycles. The van der Waals surface area contributed by atoms with Crippen LogP contribution >= 0.6 is 0 Å². The first-order valence-corrected chi connectivity index (χ1v) is 6.68. The van der Waals surface area contributed by atoms with Crippen molar-refractivity contribution in [2.24, 2.45) is 0 Å². The second-order valence-electron chi connectivity index (χ2n) is 5.32. The van der Waals surface area contributed by atoms with Crippen molar-refractivity contribution in [2.75, 3.05) is 0 Å². The van der Waals surface area contributed by atoms with Crippen molar-refractivity contribution in [1.29, 1.82) is 0 Å². The Bertz CT molecular complexity index is 604. The van der Waals surface area contributed by atoms with Crippen molar-refractivity contribution in [3.63, 3.8) is 0 Å². The summed E-state index contributed by atoms with van der Waals surface area (Å²) in [5.74, 6) is 0.786. The van der Waals surface area contributed by atoms with Crippen LogP contribution in [0.15, 0.2) is 6.07 Å². The maximum Gasteiger partial charge on any atom is 3.00 e. The first-order valence-electron chi connectivity index (χ1n) is 6.68. The molecule has 3 heteroatoms. The van der Waals surface area contributed by atoms with Gasteiger partial charge in [0.15, 0.2) is 0 Å². The van der Waals surface area contributed by atoms with E-state index in [0.717, 1.165) is 17.9 Å². The summed E-state index contributed by atoms with van der Waals surface area (Å²) in [5.41, 5.74) is 9.41. The van der Waals surface area contributed by atoms with Gasteiger partial charge in [0, 0.05) is 5.82 Å². The molecular weight excluding hydrogens is 321 g/mol. The summed E-state index contributed by atoms with van der Waals surface area (Å²) < 4.78 is 0. The van der Waals surface area contributed by atoms with Crippen molar-refractivity contribution >= 4 is 0 Å². The molecule has 0 aliphatic rings. The van der Waals surface area contributed by atoms with Crippen LogP contribution in [0.4, 0.5) is 0 Å². The largest absolute Gasteiger partial charge is 3.00 e. The van der Waals surface area contributed by atoms with E-state index in [1.165, 1.54) is 33.4 Å². The monoisotopic (exact) mass is 342 g/mol. The van der Waals surface area contributed by atoms with Crippen LogP contribution in [0.1, 0.15) is 44.9 Å². The Morgan fingerprint density at radius 3 is 1.85 bits per heavy atom. The summed E-state index contributed by atoms with van der Waals surface area (Å²) in [6.07, 6.45) is 3.78. The zero-order valence-electron chi connectivity index (χ0n) is 13.3. The van der Waals surface area contributed by atoms with E-state index in [-0.39, 0.29) is 32.7 Å². The molecule has 0 aliphatic heterocycles. The van der Waals surface area contributed by atoms with Crippen LogP contribution in [0.2, 0.25) is 0 Å². The summed E-state index contributed by atoms with van der Waals surface area (Å²) in [5, 5.41) is 0. The van der Waals surface area contributed by atoms with Crippen LogP contribution in [0.25, 0.3) is 0 Å². The van der Waals surface area contributed by atoms with Crippen LogP contribution in [0.3, 0.4) is 0 Å². The van der Waals surface area contributed by atoms with Crippen LogP contribution in [0, 0.1) is 47.7 Å². The van der Waals surface area contributed by atoms with Crippen molar-refractivity contribution < 1.29 is 32.7 Å². The van der Waals surface area contributed by atoms with E-state index >= 15 is 0 Å². The Balaban J connectivity index is 0.00000200. The van der Waals surface area contributed by atoms with Gasteiger partial charge in [-0.25, -0.2) is 0 Å². The number of benzene rings is 1. The Hall–Kier alpha value is -0.596. The molecule has 2 rings (SSSR count). The van der Waals surface area contributed by atoms with Gasteiger partial charge in [-0.15, -0.1) is 6.07 Å². The number of aryl methyl sites for hydroxylation is 1. The fourth-order valence-electron chi connectivity index (χ4n) is 2.58. The van der Waals surface area contributed by atoms with Crippen LogP contribution in [-0.2, 0) is 39.1 Å². The zero-order valence-corrected chi connectivity index (χ0v) is 16.1. The number of nitrogens with zero attached hydrogens (tertiary/aromatic N) is 2. The van der Waals surface area contributed by atoms with E-state index < -0.39 is 0 Å². The first-order chi connectivity index (χ1) is 8.91. The quantitative estimate of drug-likeness (QED) is 0.778. The Kier molecular flexibility index (Phi) is 6.03. The molecule has 2 aromatic rings. The fourth-order valence-corrected chi connectivity index (χ4v) is 2.58. The molecule has 0 spiro atoms. The van der Waals surface area contributed by atoms with Crippen molar-refractivity contribution in [3.8, 4) is 0 Å². The molecule has 1 heterocycles. The summed E-state index contributed by atoms with van der Waals surface area (Å²) in [6, 6.07) is 1.89. The van der Waals surface area contributed by atoms with Gasteiger partial charge in [0.2, 0.25) is 0 Å². The van der Waals surface area contributed by atoms with Gasteiger partial charge in [0.1, 0.15) is 0 Å². The molecular formula is C17H21N2Y+2. The van der Waals surface area contributed by atoms with Gasteiger partial charge in [-0.05, 0) is 74.4 Å². The van der Waals surface area contributed by atoms with E-state index in [1.807, 2.05) is 13.0 Å². The number of hydrogen-bond acceptors (Lipinski definition) is 2. The van der Waals surface area contributed by atoms with Crippen molar-refractivity contribution in [2.45, 2.75) is 48.0 Å². The summed E-state index contributed by atoms with van der Waals surface area (Å²) >= 11 is 0. The summed E-state index contributed by atoms with van der Waals surface area (Å²) in [4.78, 5) is 8.53. The second-order valence-corrected chi connectivity index (χ2v) is 5.32. The smallest absolute Gasteiger partial charge is 0.373 e. The standard InChI is InChI=1S/C17H21N2.Y/c1-10-11(2)13(4)17(14(5)12(10)3)9-16-7-8-18-15(6)19-16;/h7H,9H2,1-6H3;/q-1;+3. The predicted molar refractivity (Wildman–Crippen MR) is 78.5 cm³/mol. The zero-order chi connectivity index (χ0) is 14.2. The van der Waals surface area contributed by atoms with Gasteiger partial charge in [0.25, 0.3) is 0 Å². The van der Waals surface area contributed by atoms with Crippen molar-refractivity contribution in [1.82, 2.24) is 9.97 Å². The number of hydrogen-bond donors (Lipinski definition) is 0. The third kappa shape index (κ3) is 3.35. The van der Waals surface area contributed by atoms with Crippen LogP contribution < -0.4 is 0 Å². The third-order valence-electron chi connectivity index (χ3n) is 4.28. The SMILES string of the molecule is Cc1n[c-]cc(Cc2c(C)c(C)c(C)c(C)c2C)n1.[Y+3]. The number of rotatable bonds is 2. The number of aromatic nitrogens is 2. The average Bonchev–Trinajstić information content (AvgIpc) is 2.39. The molecule has 0 N–H and O–H groups in total. The second kappa shape index (κ2) is 6.91. The van der Waals surface area contributed by atoms with Gasteiger partial charge in [-0.1, -0.05) is 18.8 Å². The minimum Gasteiger partial charge on any atom is -0.373 e. The van der Waals surface area contributed by atoms with Crippen LogP contribution in [-0.4, -0.2) is 9.97 Å². The van der Waals surface area contributed by atoms with Gasteiger partial charge >= 0.3 is 32.7 Å². The molecule has 0 saturated heterocycles. The molecule has 1 aromatic heterocycles. The molecule has 0 amide bonds. The Morgan fingerprint density at radius 2 is 1.35 bits per heavy atom. The molecule has 0 radical (unpaired) electrons. The molecule has 0 atom stereocenters. The maximum absolute atomic E-state index is 4.49. The normalized spacial score (nSPS) is 10.3. The van der Waals surface area contributed by atoms with E-state index in [2.05, 4.69) is 50.8 Å². The molecule has 2 nitrogen and oxygen atoms in total. The molecule has 0 unspecified atom stereocenters. The molecule has 0 saturated carbocycles.